The van der Waals surface area contributed by atoms with Crippen LogP contribution in [-0.2, 0) is 66.9 Å². The van der Waals surface area contributed by atoms with E-state index in [1.807, 2.05) is 0 Å². The van der Waals surface area contributed by atoms with Crippen molar-refractivity contribution in [3.8, 4) is 0 Å². The van der Waals surface area contributed by atoms with Gasteiger partial charge in [0.2, 0.25) is 0 Å². The minimum absolute atomic E-state index is 0. The molecule has 22 heteroatoms. The van der Waals surface area contributed by atoms with Crippen LogP contribution in [0.4, 0.5) is 0 Å². The molecule has 0 aromatic carbocycles. The molecule has 4 N–H and O–H groups in total. The van der Waals surface area contributed by atoms with Crippen LogP contribution in [0, 0.1) is 0 Å². The number of rotatable bonds is 3. The molecule has 2 unspecified atom stereocenters. The third-order valence-corrected chi connectivity index (χ3v) is 2.08. The Morgan fingerprint density at radius 1 is 0.421 bits per heavy atom. The first kappa shape index (κ1) is 53.0. The van der Waals surface area contributed by atoms with Gasteiger partial charge in [0.1, 0.15) is 0 Å². The van der Waals surface area contributed by atoms with Crippen molar-refractivity contribution in [1.29, 1.82) is 0 Å². The van der Waals surface area contributed by atoms with Crippen LogP contribution in [0.15, 0.2) is 0 Å². The maximum absolute atomic E-state index is 10.4. The van der Waals surface area contributed by atoms with Gasteiger partial charge in [-0.15, -0.1) is 0 Å². The fourth-order valence-electron chi connectivity index (χ4n) is 0.959. The van der Waals surface area contributed by atoms with Gasteiger partial charge in [0.05, 0.1) is 0 Å². The van der Waals surface area contributed by atoms with Crippen molar-refractivity contribution >= 4 is 155 Å². The average Bonchev–Trinajstić information content (AvgIpc) is 2.65. The van der Waals surface area contributed by atoms with Crippen molar-refractivity contribution in [2.24, 2.45) is 0 Å². The van der Waals surface area contributed by atoms with E-state index in [0.29, 0.717) is 0 Å². The Morgan fingerprint density at radius 3 is 0.632 bits per heavy atom. The molecule has 0 aromatic rings. The molecule has 0 aliphatic heterocycles. The van der Waals surface area contributed by atoms with Gasteiger partial charge < -0.3 is 39.4 Å². The van der Waals surface area contributed by atoms with E-state index in [2.05, 4.69) is 18.9 Å². The Morgan fingerprint density at radius 2 is 0.553 bits per heavy atom. The molecule has 0 aliphatic rings. The number of carbonyl (C=O) groups is 10. The SMILES string of the molecule is CC(=O)OC(=O)C(=O)OC(C)=O.CC(=O)OC(=O)C(=O)OC(C)=O.O=C(O)C(O)C(O)C(=O)O.[SnH2].[SnH2].[SnH2].[SnH2]. The number of carbonyl (C=O) groups excluding carboxylic acids is 8. The van der Waals surface area contributed by atoms with Gasteiger partial charge in [-0.25, -0.2) is 28.8 Å². The molecule has 8 radical (unpaired) electrons. The van der Waals surface area contributed by atoms with Gasteiger partial charge in [-0.05, 0) is 0 Å². The van der Waals surface area contributed by atoms with E-state index in [-0.39, 0.29) is 95.6 Å². The van der Waals surface area contributed by atoms with Gasteiger partial charge in [0.15, 0.2) is 12.2 Å². The normalized spacial score (nSPS) is 9.53. The second-order valence-corrected chi connectivity index (χ2v) is 5.09. The number of aliphatic carboxylic acids is 2. The van der Waals surface area contributed by atoms with Crippen LogP contribution in [0.25, 0.3) is 0 Å². The van der Waals surface area contributed by atoms with Crippen LogP contribution >= 0.6 is 0 Å². The Labute approximate surface area is 280 Å². The molecule has 214 valence electrons. The standard InChI is InChI=1S/2C6H6O6.C4H6O6.4Sn.8H/c2*1-3(7)11-5(9)6(10)12-4(2)8;5-1(3(7)8)2(6)4(9)10;;;;;;;;;;;;/h2*1-2H3;1-2,5-6H,(H,7,8)(H,9,10);;;;;;;;;;;;. The molecule has 18 nitrogen and oxygen atoms in total. The Hall–Kier alpha value is -1.39. The molecule has 0 amide bonds. The summed E-state index contributed by atoms with van der Waals surface area (Å²) in [6.07, 6.45) is -4.53. The second kappa shape index (κ2) is 28.6. The molecule has 0 rings (SSSR count). The van der Waals surface area contributed by atoms with Crippen LogP contribution in [-0.4, -0.2) is 188 Å². The molecular formula is C16H26O18Sn4. The summed E-state index contributed by atoms with van der Waals surface area (Å²) in [5, 5.41) is 32.5. The van der Waals surface area contributed by atoms with E-state index < -0.39 is 71.9 Å². The summed E-state index contributed by atoms with van der Waals surface area (Å²) in [5.41, 5.74) is 0. The fraction of sp³-hybridized carbons (Fsp3) is 0.375. The van der Waals surface area contributed by atoms with Gasteiger partial charge >= 0.3 is 155 Å². The van der Waals surface area contributed by atoms with E-state index >= 15 is 0 Å². The molecule has 2 atom stereocenters. The van der Waals surface area contributed by atoms with Crippen LogP contribution < -0.4 is 0 Å². The summed E-state index contributed by atoms with van der Waals surface area (Å²) in [6, 6.07) is 0. The molecule has 0 aliphatic carbocycles. The minimum atomic E-state index is -2.27. The van der Waals surface area contributed by atoms with E-state index in [1.54, 1.807) is 0 Å². The van der Waals surface area contributed by atoms with Gasteiger partial charge in [-0.1, -0.05) is 0 Å². The Balaban J connectivity index is -0.0000000724. The Bertz CT molecular complexity index is 748. The predicted octanol–water partition coefficient (Wildman–Crippen LogP) is -7.46. The molecule has 0 fully saturated rings. The molecular weight excluding hydrogens is 955 g/mol. The molecule has 0 bridgehead atoms. The zero-order valence-electron chi connectivity index (χ0n) is 20.5. The summed E-state index contributed by atoms with van der Waals surface area (Å²) in [7, 11) is 0. The summed E-state index contributed by atoms with van der Waals surface area (Å²) in [6.45, 7) is 3.77. The maximum atomic E-state index is 10.4. The first-order valence-corrected chi connectivity index (χ1v) is 8.05. The third-order valence-electron chi connectivity index (χ3n) is 2.08. The number of aliphatic hydroxyl groups is 2. The van der Waals surface area contributed by atoms with Crippen LogP contribution in [0.2, 0.25) is 0 Å². The first-order chi connectivity index (χ1) is 15.3. The molecule has 0 saturated heterocycles. The number of esters is 8. The zero-order chi connectivity index (χ0) is 27.8. The number of aliphatic hydroxyl groups excluding tert-OH is 2. The zero-order valence-corrected chi connectivity index (χ0v) is 36.6. The molecule has 38 heavy (non-hydrogen) atoms. The monoisotopic (exact) mass is 986 g/mol. The van der Waals surface area contributed by atoms with Gasteiger partial charge in [-0.3, -0.25) is 19.2 Å². The quantitative estimate of drug-likeness (QED) is 0.0672. The third kappa shape index (κ3) is 32.6. The van der Waals surface area contributed by atoms with Gasteiger partial charge in [0, 0.05) is 27.7 Å². The molecule has 0 saturated carbocycles. The number of carboxylic acid groups (broad SMARTS) is 2. The fourth-order valence-corrected chi connectivity index (χ4v) is 0.959. The van der Waals surface area contributed by atoms with Gasteiger partial charge in [0.25, 0.3) is 0 Å². The van der Waals surface area contributed by atoms with Crippen LogP contribution in [0.5, 0.6) is 0 Å². The van der Waals surface area contributed by atoms with Crippen molar-refractivity contribution in [1.82, 2.24) is 0 Å². The topological polar surface area (TPSA) is 289 Å². The molecule has 0 heterocycles. The van der Waals surface area contributed by atoms with E-state index in [1.165, 1.54) is 0 Å². The predicted molar refractivity (Wildman–Crippen MR) is 129 cm³/mol. The second-order valence-electron chi connectivity index (χ2n) is 5.09. The van der Waals surface area contributed by atoms with Crippen molar-refractivity contribution in [2.45, 2.75) is 39.9 Å². The number of hydrogen-bond acceptors (Lipinski definition) is 16. The molecule has 0 spiro atoms. The summed E-state index contributed by atoms with van der Waals surface area (Å²) >= 11 is 0. The number of hydrogen-bond donors (Lipinski definition) is 4. The van der Waals surface area contributed by atoms with E-state index in [9.17, 15) is 47.9 Å². The first-order valence-electron chi connectivity index (χ1n) is 8.05. The molecule has 0 aromatic heterocycles. The number of carboxylic acids is 2. The van der Waals surface area contributed by atoms with Crippen molar-refractivity contribution < 1.29 is 87.3 Å². The van der Waals surface area contributed by atoms with Gasteiger partial charge in [-0.2, -0.15) is 0 Å². The summed E-state index contributed by atoms with van der Waals surface area (Å²) in [5.74, 6) is -13.3. The van der Waals surface area contributed by atoms with Crippen molar-refractivity contribution in [3.63, 3.8) is 0 Å². The van der Waals surface area contributed by atoms with Crippen LogP contribution in [0.3, 0.4) is 0 Å². The van der Waals surface area contributed by atoms with Crippen molar-refractivity contribution in [2.75, 3.05) is 0 Å². The average molecular weight is 981 g/mol. The summed E-state index contributed by atoms with van der Waals surface area (Å²) < 4.78 is 15.2. The summed E-state index contributed by atoms with van der Waals surface area (Å²) in [4.78, 5) is 102. The van der Waals surface area contributed by atoms with Crippen LogP contribution in [0.1, 0.15) is 27.7 Å². The van der Waals surface area contributed by atoms with E-state index in [4.69, 9.17) is 20.4 Å². The Kier molecular flexibility index (Phi) is 39.9. The number of ether oxygens (including phenoxy) is 4. The van der Waals surface area contributed by atoms with Crippen molar-refractivity contribution in [3.05, 3.63) is 0 Å². The van der Waals surface area contributed by atoms with E-state index in [0.717, 1.165) is 27.7 Å².